The Labute approximate surface area is 170 Å². The first kappa shape index (κ1) is 22.3. The van der Waals surface area contributed by atoms with Crippen molar-refractivity contribution in [3.63, 3.8) is 0 Å². The molecule has 0 spiro atoms. The second-order valence-electron chi connectivity index (χ2n) is 5.87. The molecular weight excluding hydrogens is 396 g/mol. The first-order chi connectivity index (χ1) is 13.8. The van der Waals surface area contributed by atoms with Crippen molar-refractivity contribution < 1.29 is 18.1 Å². The number of para-hydroxylation sites is 1. The highest BCUT2D eigenvalue weighted by Crippen LogP contribution is 2.29. The number of ether oxygens (including phenoxy) is 1. The van der Waals surface area contributed by atoms with Gasteiger partial charge in [0.15, 0.2) is 0 Å². The van der Waals surface area contributed by atoms with Crippen molar-refractivity contribution in [3.05, 3.63) is 58.1 Å². The number of nitrogens with one attached hydrogen (secondary N) is 1. The van der Waals surface area contributed by atoms with Crippen molar-refractivity contribution in [2.75, 3.05) is 25.1 Å². The van der Waals surface area contributed by atoms with Gasteiger partial charge in [-0.3, -0.25) is 15.5 Å². The molecule has 2 aromatic rings. The van der Waals surface area contributed by atoms with E-state index in [1.165, 1.54) is 22.7 Å². The predicted molar refractivity (Wildman–Crippen MR) is 112 cm³/mol. The predicted octanol–water partition coefficient (Wildman–Crippen LogP) is 3.47. The van der Waals surface area contributed by atoms with Crippen LogP contribution in [0.5, 0.6) is 5.75 Å². The van der Waals surface area contributed by atoms with E-state index in [9.17, 15) is 18.5 Å². The van der Waals surface area contributed by atoms with Gasteiger partial charge in [0.1, 0.15) is 10.6 Å². The van der Waals surface area contributed by atoms with E-state index >= 15 is 0 Å². The summed E-state index contributed by atoms with van der Waals surface area (Å²) in [4.78, 5) is 10.3. The minimum Gasteiger partial charge on any atom is -0.493 e. The van der Waals surface area contributed by atoms with Crippen LogP contribution in [0.25, 0.3) is 0 Å². The van der Waals surface area contributed by atoms with E-state index in [1.807, 2.05) is 19.1 Å². The van der Waals surface area contributed by atoms with Gasteiger partial charge in [0.25, 0.3) is 5.69 Å². The molecule has 0 aliphatic rings. The number of anilines is 1. The summed E-state index contributed by atoms with van der Waals surface area (Å²) in [6.45, 7) is 6.25. The number of benzene rings is 2. The number of nitro groups is 1. The minimum absolute atomic E-state index is 0.146. The van der Waals surface area contributed by atoms with E-state index in [-0.39, 0.29) is 29.4 Å². The molecule has 1 N–H and O–H groups in total. The molecule has 0 fully saturated rings. The van der Waals surface area contributed by atoms with Crippen LogP contribution < -0.4 is 10.2 Å². The summed E-state index contributed by atoms with van der Waals surface area (Å²) in [5, 5.41) is 15.2. The Balaban J connectivity index is 2.42. The Morgan fingerprint density at radius 3 is 2.48 bits per heavy atom. The number of nitrogens with zero attached hydrogens (tertiary/aromatic N) is 3. The lowest BCUT2D eigenvalue weighted by molar-refractivity contribution is -0.385. The van der Waals surface area contributed by atoms with Crippen molar-refractivity contribution in [2.24, 2.45) is 5.10 Å². The van der Waals surface area contributed by atoms with Crippen LogP contribution in [0.15, 0.2) is 52.5 Å². The maximum absolute atomic E-state index is 13.0. The van der Waals surface area contributed by atoms with Gasteiger partial charge in [-0.05, 0) is 25.1 Å². The van der Waals surface area contributed by atoms with E-state index in [2.05, 4.69) is 10.5 Å². The standard InChI is InChI=1S/C19H24N4O5S/c1-4-22(5-2)29(26,27)19-13-16(23(24)25)11-12-17(19)21-20-14-15-9-7-8-10-18(15)28-6-3/h7-14,21H,4-6H2,1-3H3. The normalized spacial score (nSPS) is 11.7. The van der Waals surface area contributed by atoms with E-state index in [0.29, 0.717) is 17.9 Å². The minimum atomic E-state index is -3.93. The van der Waals surface area contributed by atoms with Gasteiger partial charge in [-0.2, -0.15) is 9.41 Å². The van der Waals surface area contributed by atoms with E-state index in [1.54, 1.807) is 26.0 Å². The second-order valence-corrected chi connectivity index (χ2v) is 7.77. The number of hydrazone groups is 1. The van der Waals surface area contributed by atoms with Gasteiger partial charge in [-0.15, -0.1) is 0 Å². The van der Waals surface area contributed by atoms with Crippen molar-refractivity contribution in [1.82, 2.24) is 4.31 Å². The van der Waals surface area contributed by atoms with Crippen LogP contribution in [-0.2, 0) is 10.0 Å². The molecular formula is C19H24N4O5S. The summed E-state index contributed by atoms with van der Waals surface area (Å²) in [6.07, 6.45) is 1.50. The number of nitro benzene ring substituents is 1. The van der Waals surface area contributed by atoms with Crippen LogP contribution in [0, 0.1) is 10.1 Å². The molecule has 156 valence electrons. The van der Waals surface area contributed by atoms with Crippen LogP contribution in [-0.4, -0.2) is 43.6 Å². The van der Waals surface area contributed by atoms with E-state index < -0.39 is 14.9 Å². The number of hydrogen-bond donors (Lipinski definition) is 1. The molecule has 0 aliphatic heterocycles. The summed E-state index contributed by atoms with van der Waals surface area (Å²) < 4.78 is 32.7. The van der Waals surface area contributed by atoms with Crippen LogP contribution >= 0.6 is 0 Å². The highest BCUT2D eigenvalue weighted by atomic mass is 32.2. The second kappa shape index (κ2) is 9.99. The molecule has 29 heavy (non-hydrogen) atoms. The zero-order valence-electron chi connectivity index (χ0n) is 16.5. The SMILES string of the molecule is CCOc1ccccc1C=NNc1ccc([N+](=O)[O-])cc1S(=O)(=O)N(CC)CC. The van der Waals surface area contributed by atoms with Crippen molar-refractivity contribution >= 4 is 27.6 Å². The Morgan fingerprint density at radius 2 is 1.86 bits per heavy atom. The zero-order valence-corrected chi connectivity index (χ0v) is 17.3. The van der Waals surface area contributed by atoms with Gasteiger partial charge in [0.2, 0.25) is 10.0 Å². The molecule has 0 unspecified atom stereocenters. The highest BCUT2D eigenvalue weighted by molar-refractivity contribution is 7.89. The molecule has 2 rings (SSSR count). The fourth-order valence-corrected chi connectivity index (χ4v) is 4.30. The summed E-state index contributed by atoms with van der Waals surface area (Å²) in [7, 11) is -3.93. The van der Waals surface area contributed by atoms with Crippen LogP contribution in [0.2, 0.25) is 0 Å². The number of non-ortho nitro benzene ring substituents is 1. The Kier molecular flexibility index (Phi) is 7.68. The molecule has 2 aromatic carbocycles. The van der Waals surface area contributed by atoms with Crippen molar-refractivity contribution in [1.29, 1.82) is 0 Å². The molecule has 0 aromatic heterocycles. The topological polar surface area (TPSA) is 114 Å². The average molecular weight is 420 g/mol. The van der Waals surface area contributed by atoms with Crippen LogP contribution in [0.4, 0.5) is 11.4 Å². The first-order valence-corrected chi connectivity index (χ1v) is 10.6. The Morgan fingerprint density at radius 1 is 1.17 bits per heavy atom. The highest BCUT2D eigenvalue weighted by Gasteiger charge is 2.27. The monoisotopic (exact) mass is 420 g/mol. The van der Waals surface area contributed by atoms with Gasteiger partial charge in [0, 0.05) is 30.8 Å². The van der Waals surface area contributed by atoms with Gasteiger partial charge < -0.3 is 4.74 Å². The molecule has 0 radical (unpaired) electrons. The quantitative estimate of drug-likeness (QED) is 0.358. The summed E-state index contributed by atoms with van der Waals surface area (Å²) >= 11 is 0. The van der Waals surface area contributed by atoms with Gasteiger partial charge in [0.05, 0.1) is 23.4 Å². The zero-order chi connectivity index (χ0) is 21.4. The fourth-order valence-electron chi connectivity index (χ4n) is 2.68. The molecule has 9 nitrogen and oxygen atoms in total. The molecule has 0 bridgehead atoms. The van der Waals surface area contributed by atoms with Crippen molar-refractivity contribution in [2.45, 2.75) is 25.7 Å². The smallest absolute Gasteiger partial charge is 0.270 e. The lowest BCUT2D eigenvalue weighted by atomic mass is 10.2. The van der Waals surface area contributed by atoms with Gasteiger partial charge >= 0.3 is 0 Å². The van der Waals surface area contributed by atoms with Gasteiger partial charge in [-0.25, -0.2) is 8.42 Å². The van der Waals surface area contributed by atoms with Gasteiger partial charge in [-0.1, -0.05) is 26.0 Å². The fraction of sp³-hybridized carbons (Fsp3) is 0.316. The lowest BCUT2D eigenvalue weighted by Crippen LogP contribution is -2.31. The van der Waals surface area contributed by atoms with Crippen molar-refractivity contribution in [3.8, 4) is 5.75 Å². The molecule has 0 aliphatic carbocycles. The van der Waals surface area contributed by atoms with Crippen LogP contribution in [0.3, 0.4) is 0 Å². The third-order valence-electron chi connectivity index (χ3n) is 4.11. The molecule has 10 heteroatoms. The maximum Gasteiger partial charge on any atom is 0.270 e. The molecule has 0 heterocycles. The number of hydrogen-bond acceptors (Lipinski definition) is 7. The Bertz CT molecular complexity index is 988. The summed E-state index contributed by atoms with van der Waals surface area (Å²) in [5.41, 5.74) is 3.23. The molecule has 0 atom stereocenters. The number of sulfonamides is 1. The first-order valence-electron chi connectivity index (χ1n) is 9.14. The molecule has 0 saturated heterocycles. The molecule has 0 saturated carbocycles. The molecule has 0 amide bonds. The summed E-state index contributed by atoms with van der Waals surface area (Å²) in [6, 6.07) is 10.9. The van der Waals surface area contributed by atoms with E-state index in [0.717, 1.165) is 6.07 Å². The maximum atomic E-state index is 13.0. The van der Waals surface area contributed by atoms with E-state index in [4.69, 9.17) is 4.74 Å². The summed E-state index contributed by atoms with van der Waals surface area (Å²) in [5.74, 6) is 0.639. The largest absolute Gasteiger partial charge is 0.493 e. The third kappa shape index (κ3) is 5.30. The van der Waals surface area contributed by atoms with Crippen LogP contribution in [0.1, 0.15) is 26.3 Å². The number of rotatable bonds is 10. The third-order valence-corrected chi connectivity index (χ3v) is 6.20. The average Bonchev–Trinajstić information content (AvgIpc) is 2.70. The Hall–Kier alpha value is -2.98. The lowest BCUT2D eigenvalue weighted by Gasteiger charge is -2.20.